The molecule has 1 rings (SSSR count). The summed E-state index contributed by atoms with van der Waals surface area (Å²) in [7, 11) is 0. The van der Waals surface area contributed by atoms with E-state index in [1.807, 2.05) is 12.1 Å². The summed E-state index contributed by atoms with van der Waals surface area (Å²) < 4.78 is 0. The minimum atomic E-state index is 0.184. The Hall–Kier alpha value is -0.680. The predicted molar refractivity (Wildman–Crippen MR) is 70.9 cm³/mol. The second kappa shape index (κ2) is 6.81. The van der Waals surface area contributed by atoms with Crippen molar-refractivity contribution >= 4 is 23.2 Å². The van der Waals surface area contributed by atoms with Gasteiger partial charge < -0.3 is 5.32 Å². The van der Waals surface area contributed by atoms with Gasteiger partial charge in [-0.25, -0.2) is 0 Å². The van der Waals surface area contributed by atoms with Crippen LogP contribution in [0.25, 0.3) is 0 Å². The third-order valence-electron chi connectivity index (χ3n) is 2.37. The first-order valence-corrected chi connectivity index (χ1v) is 6.02. The lowest BCUT2D eigenvalue weighted by molar-refractivity contribution is 0.563. The van der Waals surface area contributed by atoms with Crippen LogP contribution in [0.2, 0.25) is 10.0 Å². The van der Waals surface area contributed by atoms with Crippen molar-refractivity contribution in [3.8, 4) is 12.3 Å². The normalized spacial score (nSPS) is 12.1. The van der Waals surface area contributed by atoms with Gasteiger partial charge in [-0.1, -0.05) is 23.2 Å². The van der Waals surface area contributed by atoms with E-state index in [1.165, 1.54) is 0 Å². The smallest absolute Gasteiger partial charge is 0.0454 e. The van der Waals surface area contributed by atoms with Crippen LogP contribution >= 0.6 is 23.2 Å². The molecule has 1 unspecified atom stereocenters. The molecule has 0 fully saturated rings. The first kappa shape index (κ1) is 13.4. The highest BCUT2D eigenvalue weighted by atomic mass is 35.5. The fraction of sp³-hybridized carbons (Fsp3) is 0.385. The van der Waals surface area contributed by atoms with Crippen molar-refractivity contribution < 1.29 is 0 Å². The molecule has 0 heterocycles. The summed E-state index contributed by atoms with van der Waals surface area (Å²) in [6.07, 6.45) is 6.95. The van der Waals surface area contributed by atoms with Crippen molar-refractivity contribution in [3.63, 3.8) is 0 Å². The molecule has 0 aromatic heterocycles. The Morgan fingerprint density at radius 3 is 2.88 bits per heavy atom. The summed E-state index contributed by atoms with van der Waals surface area (Å²) in [4.78, 5) is 0. The van der Waals surface area contributed by atoms with E-state index < -0.39 is 0 Å². The van der Waals surface area contributed by atoms with Gasteiger partial charge in [-0.05, 0) is 43.7 Å². The number of hydrogen-bond acceptors (Lipinski definition) is 1. The molecule has 0 amide bonds. The third-order valence-corrected chi connectivity index (χ3v) is 2.95. The van der Waals surface area contributed by atoms with Crippen molar-refractivity contribution in [2.45, 2.75) is 25.8 Å². The van der Waals surface area contributed by atoms with Gasteiger partial charge in [0, 0.05) is 22.5 Å². The second-order valence-corrected chi connectivity index (χ2v) is 4.49. The molecule has 86 valence electrons. The van der Waals surface area contributed by atoms with Crippen LogP contribution < -0.4 is 5.32 Å². The average Bonchev–Trinajstić information content (AvgIpc) is 2.27. The molecule has 16 heavy (non-hydrogen) atoms. The Bertz CT molecular complexity index is 382. The summed E-state index contributed by atoms with van der Waals surface area (Å²) in [6.45, 7) is 2.95. The van der Waals surface area contributed by atoms with E-state index in [1.54, 1.807) is 6.07 Å². The van der Waals surface area contributed by atoms with Crippen molar-refractivity contribution in [1.29, 1.82) is 0 Å². The van der Waals surface area contributed by atoms with E-state index in [-0.39, 0.29) is 6.04 Å². The Morgan fingerprint density at radius 1 is 1.44 bits per heavy atom. The zero-order valence-corrected chi connectivity index (χ0v) is 10.8. The fourth-order valence-corrected chi connectivity index (χ4v) is 1.93. The molecular weight excluding hydrogens is 241 g/mol. The lowest BCUT2D eigenvalue weighted by Crippen LogP contribution is -2.20. The van der Waals surface area contributed by atoms with Gasteiger partial charge in [-0.3, -0.25) is 0 Å². The maximum Gasteiger partial charge on any atom is 0.0454 e. The van der Waals surface area contributed by atoms with E-state index in [2.05, 4.69) is 18.2 Å². The maximum absolute atomic E-state index is 6.10. The molecule has 0 aliphatic carbocycles. The number of hydrogen-bond donors (Lipinski definition) is 1. The molecule has 0 radical (unpaired) electrons. The molecule has 1 aromatic rings. The van der Waals surface area contributed by atoms with Gasteiger partial charge in [0.2, 0.25) is 0 Å². The third kappa shape index (κ3) is 4.06. The molecule has 0 aliphatic heterocycles. The highest BCUT2D eigenvalue weighted by Crippen LogP contribution is 2.25. The second-order valence-electron chi connectivity index (χ2n) is 3.65. The standard InChI is InChI=1S/C13H15Cl2N/c1-3-4-5-8-16-10(2)12-9-11(14)6-7-13(12)15/h1,6-7,9-10,16H,4-5,8H2,2H3. The predicted octanol–water partition coefficient (Wildman–Crippen LogP) is 4.06. The van der Waals surface area contributed by atoms with Crippen molar-refractivity contribution in [2.24, 2.45) is 0 Å². The molecule has 0 aliphatic rings. The van der Waals surface area contributed by atoms with Crippen LogP contribution in [0.15, 0.2) is 18.2 Å². The first-order valence-electron chi connectivity index (χ1n) is 5.27. The Kier molecular flexibility index (Phi) is 5.69. The van der Waals surface area contributed by atoms with Crippen molar-refractivity contribution in [3.05, 3.63) is 33.8 Å². The van der Waals surface area contributed by atoms with Gasteiger partial charge >= 0.3 is 0 Å². The molecule has 1 nitrogen and oxygen atoms in total. The molecule has 1 N–H and O–H groups in total. The van der Waals surface area contributed by atoms with E-state index in [0.717, 1.165) is 30.0 Å². The summed E-state index contributed by atoms with van der Waals surface area (Å²) in [5.74, 6) is 2.61. The topological polar surface area (TPSA) is 12.0 Å². The van der Waals surface area contributed by atoms with Gasteiger partial charge in [0.25, 0.3) is 0 Å². The molecule has 1 aromatic carbocycles. The summed E-state index contributed by atoms with van der Waals surface area (Å²) >= 11 is 12.0. The van der Waals surface area contributed by atoms with Gasteiger partial charge in [0.15, 0.2) is 0 Å². The summed E-state index contributed by atoms with van der Waals surface area (Å²) in [5.41, 5.74) is 1.02. The van der Waals surface area contributed by atoms with Crippen molar-refractivity contribution in [1.82, 2.24) is 5.32 Å². The molecule has 0 saturated carbocycles. The lowest BCUT2D eigenvalue weighted by Gasteiger charge is -2.15. The minimum absolute atomic E-state index is 0.184. The Labute approximate surface area is 107 Å². The monoisotopic (exact) mass is 255 g/mol. The van der Waals surface area contributed by atoms with E-state index >= 15 is 0 Å². The van der Waals surface area contributed by atoms with E-state index in [0.29, 0.717) is 5.02 Å². The van der Waals surface area contributed by atoms with Gasteiger partial charge in [-0.15, -0.1) is 12.3 Å². The maximum atomic E-state index is 6.10. The molecule has 3 heteroatoms. The highest BCUT2D eigenvalue weighted by Gasteiger charge is 2.09. The number of nitrogens with one attached hydrogen (secondary N) is 1. The molecule has 0 saturated heterocycles. The fourth-order valence-electron chi connectivity index (χ4n) is 1.47. The van der Waals surface area contributed by atoms with Crippen LogP contribution in [0, 0.1) is 12.3 Å². The van der Waals surface area contributed by atoms with E-state index in [4.69, 9.17) is 29.6 Å². The average molecular weight is 256 g/mol. The van der Waals surface area contributed by atoms with Gasteiger partial charge in [-0.2, -0.15) is 0 Å². The molecule has 0 spiro atoms. The zero-order valence-electron chi connectivity index (χ0n) is 9.26. The summed E-state index contributed by atoms with van der Waals surface area (Å²) in [5, 5.41) is 4.81. The highest BCUT2D eigenvalue weighted by molar-refractivity contribution is 6.33. The lowest BCUT2D eigenvalue weighted by atomic mass is 10.1. The van der Waals surface area contributed by atoms with Crippen LogP contribution in [0.4, 0.5) is 0 Å². The van der Waals surface area contributed by atoms with Crippen LogP contribution in [-0.2, 0) is 0 Å². The Morgan fingerprint density at radius 2 is 2.19 bits per heavy atom. The van der Waals surface area contributed by atoms with Crippen LogP contribution in [0.5, 0.6) is 0 Å². The van der Waals surface area contributed by atoms with Crippen LogP contribution in [0.3, 0.4) is 0 Å². The molecule has 0 bridgehead atoms. The van der Waals surface area contributed by atoms with Gasteiger partial charge in [0.1, 0.15) is 0 Å². The van der Waals surface area contributed by atoms with Crippen LogP contribution in [-0.4, -0.2) is 6.54 Å². The van der Waals surface area contributed by atoms with Crippen molar-refractivity contribution in [2.75, 3.05) is 6.54 Å². The summed E-state index contributed by atoms with van der Waals surface area (Å²) in [6, 6.07) is 5.68. The Balaban J connectivity index is 2.55. The first-order chi connectivity index (χ1) is 7.65. The number of terminal acetylenes is 1. The number of benzene rings is 1. The minimum Gasteiger partial charge on any atom is -0.310 e. The molecule has 1 atom stereocenters. The van der Waals surface area contributed by atoms with E-state index in [9.17, 15) is 0 Å². The zero-order chi connectivity index (χ0) is 12.0. The van der Waals surface area contributed by atoms with Gasteiger partial charge in [0.05, 0.1) is 0 Å². The molecular formula is C13H15Cl2N. The number of unbranched alkanes of at least 4 members (excludes halogenated alkanes) is 1. The quantitative estimate of drug-likeness (QED) is 0.618. The largest absolute Gasteiger partial charge is 0.310 e. The van der Waals surface area contributed by atoms with Crippen LogP contribution in [0.1, 0.15) is 31.4 Å². The SMILES string of the molecule is C#CCCCNC(C)c1cc(Cl)ccc1Cl. The number of rotatable bonds is 5. The number of halogens is 2.